The predicted molar refractivity (Wildman–Crippen MR) is 113 cm³/mol. The summed E-state index contributed by atoms with van der Waals surface area (Å²) >= 11 is 0. The lowest BCUT2D eigenvalue weighted by molar-refractivity contribution is -0.384. The summed E-state index contributed by atoms with van der Waals surface area (Å²) in [5, 5.41) is 11.0. The van der Waals surface area contributed by atoms with Gasteiger partial charge in [-0.25, -0.2) is 4.90 Å². The summed E-state index contributed by atoms with van der Waals surface area (Å²) in [6.07, 6.45) is 0. The third-order valence-corrected chi connectivity index (χ3v) is 5.14. The average molecular weight is 423 g/mol. The number of nitro groups is 1. The van der Waals surface area contributed by atoms with Crippen molar-refractivity contribution >= 4 is 28.8 Å². The normalized spacial score (nSPS) is 16.8. The lowest BCUT2D eigenvalue weighted by Crippen LogP contribution is -2.40. The molecule has 4 rings (SSSR count). The third kappa shape index (κ3) is 3.87. The molecule has 0 radical (unpaired) electrons. The van der Waals surface area contributed by atoms with Crippen LogP contribution in [0.15, 0.2) is 54.2 Å². The van der Waals surface area contributed by atoms with E-state index in [0.717, 1.165) is 4.90 Å². The molecule has 0 N–H and O–H groups in total. The first kappa shape index (κ1) is 20.5. The molecule has 9 nitrogen and oxygen atoms in total. The molecule has 1 fully saturated rings. The van der Waals surface area contributed by atoms with Crippen molar-refractivity contribution in [3.05, 3.63) is 69.9 Å². The number of non-ortho nitro benzene ring substituents is 1. The molecule has 0 aromatic heterocycles. The summed E-state index contributed by atoms with van der Waals surface area (Å²) in [6, 6.07) is 12.5. The number of hydrogen-bond donors (Lipinski definition) is 0. The van der Waals surface area contributed by atoms with E-state index in [4.69, 9.17) is 9.47 Å². The fourth-order valence-corrected chi connectivity index (χ4v) is 3.72. The van der Waals surface area contributed by atoms with Gasteiger partial charge in [-0.15, -0.1) is 0 Å². The van der Waals surface area contributed by atoms with E-state index in [0.29, 0.717) is 49.9 Å². The first-order valence-corrected chi connectivity index (χ1v) is 9.94. The van der Waals surface area contributed by atoms with Gasteiger partial charge in [-0.2, -0.15) is 0 Å². The molecule has 160 valence electrons. The molecular weight excluding hydrogens is 402 g/mol. The molecule has 2 amide bonds. The van der Waals surface area contributed by atoms with Crippen molar-refractivity contribution in [2.45, 2.75) is 6.92 Å². The van der Waals surface area contributed by atoms with Gasteiger partial charge in [-0.05, 0) is 36.8 Å². The van der Waals surface area contributed by atoms with Crippen LogP contribution in [0.2, 0.25) is 0 Å². The highest BCUT2D eigenvalue weighted by Crippen LogP contribution is 2.36. The summed E-state index contributed by atoms with van der Waals surface area (Å²) in [5.41, 5.74) is 1.28. The fraction of sp³-hybridized carbons (Fsp3) is 0.273. The Kier molecular flexibility index (Phi) is 5.68. The van der Waals surface area contributed by atoms with Crippen molar-refractivity contribution in [1.82, 2.24) is 4.90 Å². The maximum atomic E-state index is 13.5. The molecule has 2 aromatic rings. The number of carbonyl (C=O) groups excluding carboxylic acids is 2. The van der Waals surface area contributed by atoms with Gasteiger partial charge >= 0.3 is 0 Å². The van der Waals surface area contributed by atoms with Crippen LogP contribution in [0.3, 0.4) is 0 Å². The molecule has 31 heavy (non-hydrogen) atoms. The maximum Gasteiger partial charge on any atom is 0.282 e. The van der Waals surface area contributed by atoms with E-state index in [2.05, 4.69) is 0 Å². The van der Waals surface area contributed by atoms with Gasteiger partial charge in [-0.1, -0.05) is 6.07 Å². The molecule has 0 spiro atoms. The SMILES string of the molecule is CCOc1cccc(N2C(=O)C(c3ccc([N+](=O)[O-])cc3)=C(N3CCOCC3)C2=O)c1. The summed E-state index contributed by atoms with van der Waals surface area (Å²) in [7, 11) is 0. The highest BCUT2D eigenvalue weighted by atomic mass is 16.6. The van der Waals surface area contributed by atoms with Crippen LogP contribution >= 0.6 is 0 Å². The number of morpholine rings is 1. The second-order valence-corrected chi connectivity index (χ2v) is 7.00. The van der Waals surface area contributed by atoms with Gasteiger partial charge in [-0.3, -0.25) is 19.7 Å². The van der Waals surface area contributed by atoms with Gasteiger partial charge in [0.25, 0.3) is 17.5 Å². The lowest BCUT2D eigenvalue weighted by Gasteiger charge is -2.29. The minimum Gasteiger partial charge on any atom is -0.494 e. The minimum atomic E-state index is -0.506. The highest BCUT2D eigenvalue weighted by molar-refractivity contribution is 6.45. The Bertz CT molecular complexity index is 1060. The zero-order valence-corrected chi connectivity index (χ0v) is 16.9. The number of nitro benzene ring substituents is 1. The Morgan fingerprint density at radius 3 is 2.42 bits per heavy atom. The number of rotatable bonds is 6. The van der Waals surface area contributed by atoms with Crippen molar-refractivity contribution in [2.75, 3.05) is 37.8 Å². The van der Waals surface area contributed by atoms with Crippen LogP contribution in [0.5, 0.6) is 5.75 Å². The molecule has 9 heteroatoms. The summed E-state index contributed by atoms with van der Waals surface area (Å²) in [6.45, 7) is 4.13. The number of nitrogens with zero attached hydrogens (tertiary/aromatic N) is 3. The highest BCUT2D eigenvalue weighted by Gasteiger charge is 2.43. The molecule has 0 atom stereocenters. The zero-order valence-electron chi connectivity index (χ0n) is 16.9. The first-order valence-electron chi connectivity index (χ1n) is 9.94. The maximum absolute atomic E-state index is 13.5. The van der Waals surface area contributed by atoms with Gasteiger partial charge in [0.2, 0.25) is 0 Å². The van der Waals surface area contributed by atoms with Crippen LogP contribution in [0.25, 0.3) is 5.57 Å². The first-order chi connectivity index (χ1) is 15.0. The fourth-order valence-electron chi connectivity index (χ4n) is 3.72. The summed E-state index contributed by atoms with van der Waals surface area (Å²) in [5.74, 6) is -0.361. The zero-order chi connectivity index (χ0) is 22.0. The van der Waals surface area contributed by atoms with E-state index in [9.17, 15) is 19.7 Å². The van der Waals surface area contributed by atoms with E-state index in [-0.39, 0.29) is 17.0 Å². The number of hydrogen-bond acceptors (Lipinski definition) is 7. The quantitative estimate of drug-likeness (QED) is 0.400. The number of anilines is 1. The van der Waals surface area contributed by atoms with Crippen LogP contribution in [0.4, 0.5) is 11.4 Å². The molecule has 0 saturated carbocycles. The molecule has 1 saturated heterocycles. The summed E-state index contributed by atoms with van der Waals surface area (Å²) in [4.78, 5) is 40.4. The standard InChI is InChI=1S/C22H21N3O6/c1-2-31-18-5-3-4-17(14-18)24-21(26)19(15-6-8-16(9-7-15)25(28)29)20(22(24)27)23-10-12-30-13-11-23/h3-9,14H,2,10-13H2,1H3. The lowest BCUT2D eigenvalue weighted by atomic mass is 10.0. The van der Waals surface area contributed by atoms with Crippen molar-refractivity contribution in [2.24, 2.45) is 0 Å². The Morgan fingerprint density at radius 1 is 1.06 bits per heavy atom. The van der Waals surface area contributed by atoms with Gasteiger partial charge in [0.1, 0.15) is 11.4 Å². The van der Waals surface area contributed by atoms with Crippen molar-refractivity contribution in [3.63, 3.8) is 0 Å². The molecular formula is C22H21N3O6. The Labute approximate surface area is 178 Å². The van der Waals surface area contributed by atoms with Gasteiger partial charge in [0.15, 0.2) is 0 Å². The monoisotopic (exact) mass is 423 g/mol. The van der Waals surface area contributed by atoms with Crippen LogP contribution in [-0.4, -0.2) is 54.5 Å². The smallest absolute Gasteiger partial charge is 0.282 e. The van der Waals surface area contributed by atoms with E-state index in [1.54, 1.807) is 24.3 Å². The second kappa shape index (κ2) is 8.57. The van der Waals surface area contributed by atoms with Crippen molar-refractivity contribution in [3.8, 4) is 5.75 Å². The second-order valence-electron chi connectivity index (χ2n) is 7.00. The van der Waals surface area contributed by atoms with Gasteiger partial charge in [0, 0.05) is 31.3 Å². The number of amides is 2. The predicted octanol–water partition coefficient (Wildman–Crippen LogP) is 2.61. The Morgan fingerprint density at radius 2 is 1.77 bits per heavy atom. The average Bonchev–Trinajstić information content (AvgIpc) is 3.05. The van der Waals surface area contributed by atoms with Crippen molar-refractivity contribution in [1.29, 1.82) is 0 Å². The van der Waals surface area contributed by atoms with Crippen LogP contribution in [-0.2, 0) is 14.3 Å². The van der Waals surface area contributed by atoms with E-state index in [1.165, 1.54) is 24.3 Å². The van der Waals surface area contributed by atoms with E-state index in [1.807, 2.05) is 11.8 Å². The molecule has 2 aliphatic rings. The van der Waals surface area contributed by atoms with Gasteiger partial charge < -0.3 is 14.4 Å². The number of carbonyl (C=O) groups is 2. The van der Waals surface area contributed by atoms with Crippen LogP contribution in [0.1, 0.15) is 12.5 Å². The van der Waals surface area contributed by atoms with Crippen LogP contribution < -0.4 is 9.64 Å². The Balaban J connectivity index is 1.78. The minimum absolute atomic E-state index is 0.0877. The number of imide groups is 1. The number of benzene rings is 2. The Hall–Kier alpha value is -3.72. The molecule has 0 aliphatic carbocycles. The molecule has 0 unspecified atom stereocenters. The third-order valence-electron chi connectivity index (χ3n) is 5.14. The molecule has 2 aromatic carbocycles. The van der Waals surface area contributed by atoms with Gasteiger partial charge in [0.05, 0.1) is 36.0 Å². The van der Waals surface area contributed by atoms with Crippen molar-refractivity contribution < 1.29 is 24.0 Å². The largest absolute Gasteiger partial charge is 0.494 e. The van der Waals surface area contributed by atoms with E-state index < -0.39 is 16.7 Å². The van der Waals surface area contributed by atoms with E-state index >= 15 is 0 Å². The molecule has 0 bridgehead atoms. The van der Waals surface area contributed by atoms with Crippen LogP contribution in [0, 0.1) is 10.1 Å². The molecule has 2 aliphatic heterocycles. The molecule has 2 heterocycles. The topological polar surface area (TPSA) is 102 Å². The number of ether oxygens (including phenoxy) is 2. The summed E-state index contributed by atoms with van der Waals surface area (Å²) < 4.78 is 10.9.